The monoisotopic (exact) mass is 318 g/mol. The highest BCUT2D eigenvalue weighted by Gasteiger charge is 2.16. The minimum atomic E-state index is 0.0128. The summed E-state index contributed by atoms with van der Waals surface area (Å²) < 4.78 is 6.56. The maximum absolute atomic E-state index is 11.7. The Morgan fingerprint density at radius 2 is 2.53 bits per heavy atom. The molecule has 1 unspecified atom stereocenters. The SMILES string of the molecule is O=C(CC1CNCCO1)NCc1ccc(Br)s1. The van der Waals surface area contributed by atoms with Crippen molar-refractivity contribution in [2.24, 2.45) is 0 Å². The number of carbonyl (C=O) groups is 1. The Kier molecular flexibility index (Phi) is 4.97. The average Bonchev–Trinajstić information content (AvgIpc) is 2.74. The van der Waals surface area contributed by atoms with Crippen molar-refractivity contribution in [3.05, 3.63) is 20.8 Å². The summed E-state index contributed by atoms with van der Waals surface area (Å²) in [5.74, 6) is 0.0447. The van der Waals surface area contributed by atoms with Crippen LogP contribution in [0.5, 0.6) is 0 Å². The lowest BCUT2D eigenvalue weighted by molar-refractivity contribution is -0.124. The molecule has 1 aliphatic rings. The molecule has 94 valence electrons. The molecular formula is C11H15BrN2O2S. The third-order valence-corrected chi connectivity index (χ3v) is 4.13. The summed E-state index contributed by atoms with van der Waals surface area (Å²) in [5.41, 5.74) is 0. The minimum absolute atomic E-state index is 0.0128. The van der Waals surface area contributed by atoms with E-state index in [9.17, 15) is 4.79 Å². The molecule has 6 heteroatoms. The molecule has 0 aliphatic carbocycles. The Hall–Kier alpha value is -0.430. The fourth-order valence-electron chi connectivity index (χ4n) is 1.66. The number of nitrogens with one attached hydrogen (secondary N) is 2. The first-order valence-electron chi connectivity index (χ1n) is 5.57. The highest BCUT2D eigenvalue weighted by molar-refractivity contribution is 9.11. The van der Waals surface area contributed by atoms with Gasteiger partial charge in [0.1, 0.15) is 0 Å². The van der Waals surface area contributed by atoms with E-state index in [4.69, 9.17) is 4.74 Å². The second-order valence-electron chi connectivity index (χ2n) is 3.88. The van der Waals surface area contributed by atoms with Crippen molar-refractivity contribution in [1.82, 2.24) is 10.6 Å². The van der Waals surface area contributed by atoms with Gasteiger partial charge in [-0.05, 0) is 28.1 Å². The van der Waals surface area contributed by atoms with Crippen LogP contribution >= 0.6 is 27.3 Å². The van der Waals surface area contributed by atoms with Crippen molar-refractivity contribution in [2.45, 2.75) is 19.1 Å². The van der Waals surface area contributed by atoms with Crippen molar-refractivity contribution < 1.29 is 9.53 Å². The van der Waals surface area contributed by atoms with Gasteiger partial charge in [-0.25, -0.2) is 0 Å². The van der Waals surface area contributed by atoms with Crippen LogP contribution in [-0.2, 0) is 16.1 Å². The van der Waals surface area contributed by atoms with Crippen molar-refractivity contribution in [2.75, 3.05) is 19.7 Å². The van der Waals surface area contributed by atoms with E-state index in [1.807, 2.05) is 12.1 Å². The van der Waals surface area contributed by atoms with Crippen LogP contribution in [0.4, 0.5) is 0 Å². The summed E-state index contributed by atoms with van der Waals surface area (Å²) in [6, 6.07) is 3.99. The Labute approximate surface area is 113 Å². The molecule has 1 aromatic rings. The zero-order chi connectivity index (χ0) is 12.1. The first-order chi connectivity index (χ1) is 8.24. The van der Waals surface area contributed by atoms with Gasteiger partial charge in [-0.15, -0.1) is 11.3 Å². The molecule has 1 atom stereocenters. The summed E-state index contributed by atoms with van der Waals surface area (Å²) in [5, 5.41) is 6.11. The highest BCUT2D eigenvalue weighted by atomic mass is 79.9. The van der Waals surface area contributed by atoms with Crippen molar-refractivity contribution >= 4 is 33.2 Å². The zero-order valence-corrected chi connectivity index (χ0v) is 11.8. The normalized spacial score (nSPS) is 20.2. The van der Waals surface area contributed by atoms with Crippen molar-refractivity contribution in [3.63, 3.8) is 0 Å². The van der Waals surface area contributed by atoms with Gasteiger partial charge in [-0.2, -0.15) is 0 Å². The molecule has 0 spiro atoms. The number of hydrogen-bond acceptors (Lipinski definition) is 4. The first-order valence-corrected chi connectivity index (χ1v) is 7.18. The van der Waals surface area contributed by atoms with E-state index < -0.39 is 0 Å². The molecule has 1 aromatic heterocycles. The number of morpholine rings is 1. The Morgan fingerprint density at radius 3 is 3.18 bits per heavy atom. The Morgan fingerprint density at radius 1 is 1.65 bits per heavy atom. The summed E-state index contributed by atoms with van der Waals surface area (Å²) in [7, 11) is 0. The molecule has 1 fully saturated rings. The van der Waals surface area contributed by atoms with Crippen LogP contribution in [-0.4, -0.2) is 31.7 Å². The van der Waals surface area contributed by atoms with E-state index in [0.717, 1.165) is 21.8 Å². The maximum atomic E-state index is 11.7. The van der Waals surface area contributed by atoms with E-state index in [2.05, 4.69) is 26.6 Å². The molecule has 0 bridgehead atoms. The lowest BCUT2D eigenvalue weighted by Crippen LogP contribution is -2.41. The molecule has 0 saturated carbocycles. The van der Waals surface area contributed by atoms with Gasteiger partial charge in [0.15, 0.2) is 0 Å². The van der Waals surface area contributed by atoms with Crippen LogP contribution in [0.15, 0.2) is 15.9 Å². The number of halogens is 1. The predicted molar refractivity (Wildman–Crippen MR) is 71.1 cm³/mol. The highest BCUT2D eigenvalue weighted by Crippen LogP contribution is 2.21. The summed E-state index contributed by atoms with van der Waals surface area (Å²) in [6.45, 7) is 2.92. The summed E-state index contributed by atoms with van der Waals surface area (Å²) in [4.78, 5) is 12.8. The predicted octanol–water partition coefficient (Wildman–Crippen LogP) is 1.51. The standard InChI is InChI=1S/C11H15BrN2O2S/c12-10-2-1-9(17-10)7-14-11(15)5-8-6-13-3-4-16-8/h1-2,8,13H,3-7H2,(H,14,15). The van der Waals surface area contributed by atoms with Crippen LogP contribution < -0.4 is 10.6 Å². The molecule has 0 aromatic carbocycles. The number of rotatable bonds is 4. The van der Waals surface area contributed by atoms with Gasteiger partial charge >= 0.3 is 0 Å². The fraction of sp³-hybridized carbons (Fsp3) is 0.545. The molecule has 0 radical (unpaired) electrons. The van der Waals surface area contributed by atoms with E-state index in [0.29, 0.717) is 19.6 Å². The Bertz CT molecular complexity index is 377. The summed E-state index contributed by atoms with van der Waals surface area (Å²) in [6.07, 6.45) is 0.443. The molecule has 1 saturated heterocycles. The van der Waals surface area contributed by atoms with Gasteiger partial charge in [0.2, 0.25) is 5.91 Å². The third-order valence-electron chi connectivity index (χ3n) is 2.51. The fourth-order valence-corrected chi connectivity index (χ4v) is 3.09. The average molecular weight is 319 g/mol. The number of hydrogen-bond donors (Lipinski definition) is 2. The first kappa shape index (κ1) is 13.0. The van der Waals surface area contributed by atoms with Gasteiger partial charge in [0, 0.05) is 18.0 Å². The van der Waals surface area contributed by atoms with Gasteiger partial charge in [0.05, 0.1) is 29.5 Å². The van der Waals surface area contributed by atoms with Crippen LogP contribution in [0.3, 0.4) is 0 Å². The van der Waals surface area contributed by atoms with Crippen LogP contribution in [0.2, 0.25) is 0 Å². The number of thiophene rings is 1. The van der Waals surface area contributed by atoms with Crippen LogP contribution in [0.1, 0.15) is 11.3 Å². The van der Waals surface area contributed by atoms with Crippen molar-refractivity contribution in [1.29, 1.82) is 0 Å². The van der Waals surface area contributed by atoms with E-state index in [-0.39, 0.29) is 12.0 Å². The molecule has 1 amide bonds. The molecule has 2 rings (SSSR count). The zero-order valence-electron chi connectivity index (χ0n) is 9.37. The smallest absolute Gasteiger partial charge is 0.222 e. The van der Waals surface area contributed by atoms with Gasteiger partial charge in [0.25, 0.3) is 0 Å². The second-order valence-corrected chi connectivity index (χ2v) is 6.43. The number of carbonyl (C=O) groups excluding carboxylic acids is 1. The van der Waals surface area contributed by atoms with Gasteiger partial charge < -0.3 is 15.4 Å². The summed E-state index contributed by atoms with van der Waals surface area (Å²) >= 11 is 5.03. The third kappa shape index (κ3) is 4.39. The largest absolute Gasteiger partial charge is 0.375 e. The second kappa shape index (κ2) is 6.49. The molecule has 4 nitrogen and oxygen atoms in total. The molecule has 2 N–H and O–H groups in total. The molecular weight excluding hydrogens is 304 g/mol. The maximum Gasteiger partial charge on any atom is 0.222 e. The van der Waals surface area contributed by atoms with Crippen LogP contribution in [0, 0.1) is 0 Å². The lowest BCUT2D eigenvalue weighted by atomic mass is 10.2. The minimum Gasteiger partial charge on any atom is -0.375 e. The number of ether oxygens (including phenoxy) is 1. The lowest BCUT2D eigenvalue weighted by Gasteiger charge is -2.22. The molecule has 17 heavy (non-hydrogen) atoms. The Balaban J connectivity index is 1.70. The molecule has 1 aliphatic heterocycles. The topological polar surface area (TPSA) is 50.4 Å². The van der Waals surface area contributed by atoms with Gasteiger partial charge in [-0.3, -0.25) is 4.79 Å². The van der Waals surface area contributed by atoms with Crippen molar-refractivity contribution in [3.8, 4) is 0 Å². The number of amides is 1. The van der Waals surface area contributed by atoms with Gasteiger partial charge in [-0.1, -0.05) is 0 Å². The quantitative estimate of drug-likeness (QED) is 0.884. The van der Waals surface area contributed by atoms with E-state index >= 15 is 0 Å². The van der Waals surface area contributed by atoms with E-state index in [1.165, 1.54) is 0 Å². The van der Waals surface area contributed by atoms with Crippen LogP contribution in [0.25, 0.3) is 0 Å². The molecule has 2 heterocycles. The van der Waals surface area contributed by atoms with E-state index in [1.54, 1.807) is 11.3 Å².